The van der Waals surface area contributed by atoms with E-state index in [9.17, 15) is 9.18 Å². The van der Waals surface area contributed by atoms with Crippen LogP contribution in [0.3, 0.4) is 0 Å². The molecule has 1 unspecified atom stereocenters. The van der Waals surface area contributed by atoms with Gasteiger partial charge in [-0.25, -0.2) is 4.39 Å². The van der Waals surface area contributed by atoms with Crippen molar-refractivity contribution in [3.05, 3.63) is 29.6 Å². The smallest absolute Gasteiger partial charge is 0.314 e. The second-order valence-corrected chi connectivity index (χ2v) is 3.85. The van der Waals surface area contributed by atoms with Gasteiger partial charge in [0.05, 0.1) is 12.0 Å². The van der Waals surface area contributed by atoms with Crippen LogP contribution >= 0.6 is 0 Å². The SMILES string of the molecule is CC1(C(=O)O)CCOc2c(F)cccc21. The summed E-state index contributed by atoms with van der Waals surface area (Å²) in [6.45, 7) is 1.83. The van der Waals surface area contributed by atoms with Gasteiger partial charge in [-0.15, -0.1) is 0 Å². The average Bonchev–Trinajstić information content (AvgIpc) is 2.20. The lowest BCUT2D eigenvalue weighted by atomic mass is 9.78. The summed E-state index contributed by atoms with van der Waals surface area (Å²) in [6.07, 6.45) is 0.360. The van der Waals surface area contributed by atoms with Crippen molar-refractivity contribution in [1.29, 1.82) is 0 Å². The number of para-hydroxylation sites is 1. The quantitative estimate of drug-likeness (QED) is 0.770. The molecule has 80 valence electrons. The van der Waals surface area contributed by atoms with E-state index in [1.165, 1.54) is 12.1 Å². The number of benzene rings is 1. The number of aliphatic carboxylic acids is 1. The number of carbonyl (C=O) groups is 1. The number of rotatable bonds is 1. The average molecular weight is 210 g/mol. The molecule has 0 saturated carbocycles. The lowest BCUT2D eigenvalue weighted by Gasteiger charge is -2.31. The van der Waals surface area contributed by atoms with Gasteiger partial charge >= 0.3 is 5.97 Å². The monoisotopic (exact) mass is 210 g/mol. The molecule has 15 heavy (non-hydrogen) atoms. The molecule has 0 amide bonds. The molecule has 1 atom stereocenters. The van der Waals surface area contributed by atoms with Gasteiger partial charge in [-0.2, -0.15) is 0 Å². The first-order valence-corrected chi connectivity index (χ1v) is 4.71. The van der Waals surface area contributed by atoms with Crippen molar-refractivity contribution in [3.63, 3.8) is 0 Å². The minimum Gasteiger partial charge on any atom is -0.490 e. The van der Waals surface area contributed by atoms with E-state index in [0.29, 0.717) is 12.0 Å². The minimum atomic E-state index is -1.05. The van der Waals surface area contributed by atoms with Gasteiger partial charge in [-0.3, -0.25) is 4.79 Å². The lowest BCUT2D eigenvalue weighted by Crippen LogP contribution is -2.37. The Morgan fingerprint density at radius 3 is 3.00 bits per heavy atom. The number of carboxylic acid groups (broad SMARTS) is 1. The van der Waals surface area contributed by atoms with Gasteiger partial charge < -0.3 is 9.84 Å². The van der Waals surface area contributed by atoms with Crippen molar-refractivity contribution >= 4 is 5.97 Å². The Balaban J connectivity index is 2.61. The molecular weight excluding hydrogens is 199 g/mol. The summed E-state index contributed by atoms with van der Waals surface area (Å²) in [5.41, 5.74) is -0.628. The van der Waals surface area contributed by atoms with Gasteiger partial charge in [0.15, 0.2) is 11.6 Å². The molecule has 1 aliphatic rings. The van der Waals surface area contributed by atoms with Crippen LogP contribution in [0.5, 0.6) is 5.75 Å². The maximum absolute atomic E-state index is 13.4. The van der Waals surface area contributed by atoms with Crippen LogP contribution in [0.15, 0.2) is 18.2 Å². The van der Waals surface area contributed by atoms with Crippen LogP contribution in [-0.4, -0.2) is 17.7 Å². The lowest BCUT2D eigenvalue weighted by molar-refractivity contribution is -0.144. The number of ether oxygens (including phenoxy) is 1. The molecule has 1 aliphatic heterocycles. The molecule has 0 fully saturated rings. The first-order valence-electron chi connectivity index (χ1n) is 4.71. The van der Waals surface area contributed by atoms with E-state index in [1.54, 1.807) is 13.0 Å². The van der Waals surface area contributed by atoms with E-state index in [0.717, 1.165) is 0 Å². The second-order valence-electron chi connectivity index (χ2n) is 3.85. The van der Waals surface area contributed by atoms with Crippen molar-refractivity contribution in [2.45, 2.75) is 18.8 Å². The Morgan fingerprint density at radius 1 is 1.60 bits per heavy atom. The summed E-state index contributed by atoms with van der Waals surface area (Å²) in [6, 6.07) is 4.38. The Labute approximate surface area is 86.5 Å². The van der Waals surface area contributed by atoms with Gasteiger partial charge in [0.2, 0.25) is 0 Å². The molecule has 1 aromatic carbocycles. The van der Waals surface area contributed by atoms with Crippen LogP contribution in [0.4, 0.5) is 4.39 Å². The summed E-state index contributed by atoms with van der Waals surface area (Å²) in [7, 11) is 0. The van der Waals surface area contributed by atoms with E-state index >= 15 is 0 Å². The zero-order chi connectivity index (χ0) is 11.1. The molecule has 0 bridgehead atoms. The third-order valence-electron chi connectivity index (χ3n) is 2.88. The molecule has 0 saturated heterocycles. The van der Waals surface area contributed by atoms with E-state index in [4.69, 9.17) is 9.84 Å². The van der Waals surface area contributed by atoms with Crippen LogP contribution in [0, 0.1) is 5.82 Å². The van der Waals surface area contributed by atoms with Gasteiger partial charge in [-0.1, -0.05) is 12.1 Å². The highest BCUT2D eigenvalue weighted by molar-refractivity contribution is 5.82. The third kappa shape index (κ3) is 1.37. The summed E-state index contributed by atoms with van der Waals surface area (Å²) >= 11 is 0. The predicted octanol–water partition coefficient (Wildman–Crippen LogP) is 1.95. The van der Waals surface area contributed by atoms with Crippen LogP contribution in [0.1, 0.15) is 18.9 Å². The summed E-state index contributed by atoms with van der Waals surface area (Å²) in [4.78, 5) is 11.2. The number of carboxylic acids is 1. The zero-order valence-electron chi connectivity index (χ0n) is 8.29. The number of hydrogen-bond acceptors (Lipinski definition) is 2. The van der Waals surface area contributed by atoms with Crippen LogP contribution < -0.4 is 4.74 Å². The standard InChI is InChI=1S/C11H11FO3/c1-11(10(13)14)5-6-15-9-7(11)3-2-4-8(9)12/h2-4H,5-6H2,1H3,(H,13,14). The Bertz CT molecular complexity index is 416. The maximum atomic E-state index is 13.4. The first-order chi connectivity index (χ1) is 7.05. The maximum Gasteiger partial charge on any atom is 0.314 e. The Kier molecular flexibility index (Phi) is 2.14. The molecule has 3 nitrogen and oxygen atoms in total. The topological polar surface area (TPSA) is 46.5 Å². The van der Waals surface area contributed by atoms with Crippen molar-refractivity contribution in [2.75, 3.05) is 6.61 Å². The van der Waals surface area contributed by atoms with Crippen molar-refractivity contribution < 1.29 is 19.0 Å². The highest BCUT2D eigenvalue weighted by Crippen LogP contribution is 2.40. The molecule has 4 heteroatoms. The van der Waals surface area contributed by atoms with Crippen molar-refractivity contribution in [1.82, 2.24) is 0 Å². The third-order valence-corrected chi connectivity index (χ3v) is 2.88. The summed E-state index contributed by atoms with van der Waals surface area (Å²) in [5, 5.41) is 9.16. The van der Waals surface area contributed by atoms with Crippen molar-refractivity contribution in [3.8, 4) is 5.75 Å². The summed E-state index contributed by atoms with van der Waals surface area (Å²) in [5.74, 6) is -1.37. The van der Waals surface area contributed by atoms with E-state index in [2.05, 4.69) is 0 Å². The van der Waals surface area contributed by atoms with Gasteiger partial charge in [0.25, 0.3) is 0 Å². The van der Waals surface area contributed by atoms with E-state index in [1.807, 2.05) is 0 Å². The van der Waals surface area contributed by atoms with E-state index in [-0.39, 0.29) is 12.4 Å². The van der Waals surface area contributed by atoms with Crippen molar-refractivity contribution in [2.24, 2.45) is 0 Å². The molecule has 1 aromatic rings. The van der Waals surface area contributed by atoms with Gasteiger partial charge in [-0.05, 0) is 13.0 Å². The zero-order valence-corrected chi connectivity index (χ0v) is 8.29. The Hall–Kier alpha value is -1.58. The van der Waals surface area contributed by atoms with E-state index < -0.39 is 17.2 Å². The Morgan fingerprint density at radius 2 is 2.33 bits per heavy atom. The largest absolute Gasteiger partial charge is 0.490 e. The fourth-order valence-corrected chi connectivity index (χ4v) is 1.80. The molecule has 2 rings (SSSR count). The van der Waals surface area contributed by atoms with Crippen LogP contribution in [0.2, 0.25) is 0 Å². The molecular formula is C11H11FO3. The number of halogens is 1. The van der Waals surface area contributed by atoms with Crippen LogP contribution in [-0.2, 0) is 10.2 Å². The molecule has 0 aromatic heterocycles. The molecule has 0 spiro atoms. The number of hydrogen-bond donors (Lipinski definition) is 1. The first kappa shape index (κ1) is 9.96. The highest BCUT2D eigenvalue weighted by atomic mass is 19.1. The normalized spacial score (nSPS) is 24.1. The molecule has 0 aliphatic carbocycles. The highest BCUT2D eigenvalue weighted by Gasteiger charge is 2.41. The van der Waals surface area contributed by atoms with Gasteiger partial charge in [0.1, 0.15) is 0 Å². The molecule has 1 heterocycles. The fourth-order valence-electron chi connectivity index (χ4n) is 1.80. The fraction of sp³-hybridized carbons (Fsp3) is 0.364. The van der Waals surface area contributed by atoms with Crippen LogP contribution in [0.25, 0.3) is 0 Å². The second kappa shape index (κ2) is 3.22. The molecule has 1 N–H and O–H groups in total. The number of fused-ring (bicyclic) bond motifs is 1. The minimum absolute atomic E-state index is 0.0775. The van der Waals surface area contributed by atoms with Gasteiger partial charge in [0, 0.05) is 12.0 Å². The molecule has 0 radical (unpaired) electrons. The summed E-state index contributed by atoms with van der Waals surface area (Å²) < 4.78 is 18.5. The predicted molar refractivity (Wildman–Crippen MR) is 51.5 cm³/mol.